The fraction of sp³-hybridized carbons (Fsp3) is 0.444. The van der Waals surface area contributed by atoms with Crippen LogP contribution in [0.3, 0.4) is 0 Å². The van der Waals surface area contributed by atoms with Crippen molar-refractivity contribution in [2.24, 2.45) is 0 Å². The van der Waals surface area contributed by atoms with Crippen molar-refractivity contribution in [2.75, 3.05) is 19.5 Å². The van der Waals surface area contributed by atoms with Crippen LogP contribution in [0, 0.1) is 0 Å². The largest absolute Gasteiger partial charge is 0.493 e. The van der Waals surface area contributed by atoms with Crippen molar-refractivity contribution >= 4 is 11.7 Å². The lowest BCUT2D eigenvalue weighted by atomic mass is 10.1. The molecule has 1 amide bonds. The SMILES string of the molecule is CCC(C)n1nccc1NC(=O)CCc1ccc(OC)c(OC)c1. The van der Waals surface area contributed by atoms with Crippen LogP contribution in [0.15, 0.2) is 30.5 Å². The van der Waals surface area contributed by atoms with E-state index in [0.29, 0.717) is 24.3 Å². The zero-order chi connectivity index (χ0) is 17.5. The summed E-state index contributed by atoms with van der Waals surface area (Å²) in [6.45, 7) is 4.17. The summed E-state index contributed by atoms with van der Waals surface area (Å²) >= 11 is 0. The summed E-state index contributed by atoms with van der Waals surface area (Å²) in [7, 11) is 3.20. The molecule has 0 fully saturated rings. The Morgan fingerprint density at radius 2 is 2.00 bits per heavy atom. The third-order valence-electron chi connectivity index (χ3n) is 4.03. The molecular weight excluding hydrogens is 306 g/mol. The van der Waals surface area contributed by atoms with Crippen molar-refractivity contribution in [3.63, 3.8) is 0 Å². The second-order valence-corrected chi connectivity index (χ2v) is 5.66. The highest BCUT2D eigenvalue weighted by Gasteiger charge is 2.12. The van der Waals surface area contributed by atoms with Gasteiger partial charge in [-0.2, -0.15) is 5.10 Å². The first-order chi connectivity index (χ1) is 11.6. The molecule has 0 bridgehead atoms. The third-order valence-corrected chi connectivity index (χ3v) is 4.03. The van der Waals surface area contributed by atoms with E-state index in [4.69, 9.17) is 9.47 Å². The number of nitrogens with one attached hydrogen (secondary N) is 1. The van der Waals surface area contributed by atoms with E-state index in [1.54, 1.807) is 20.4 Å². The van der Waals surface area contributed by atoms with Crippen LogP contribution in [0.5, 0.6) is 11.5 Å². The second kappa shape index (κ2) is 8.38. The molecular formula is C18H25N3O3. The average Bonchev–Trinajstić information content (AvgIpc) is 3.06. The van der Waals surface area contributed by atoms with E-state index in [1.165, 1.54) is 0 Å². The van der Waals surface area contributed by atoms with Crippen molar-refractivity contribution in [3.8, 4) is 11.5 Å². The first-order valence-electron chi connectivity index (χ1n) is 8.13. The van der Waals surface area contributed by atoms with E-state index in [-0.39, 0.29) is 11.9 Å². The molecule has 6 heteroatoms. The number of anilines is 1. The lowest BCUT2D eigenvalue weighted by molar-refractivity contribution is -0.116. The van der Waals surface area contributed by atoms with Gasteiger partial charge in [0.25, 0.3) is 0 Å². The number of hydrogen-bond acceptors (Lipinski definition) is 4. The van der Waals surface area contributed by atoms with Crippen LogP contribution >= 0.6 is 0 Å². The molecule has 0 aliphatic rings. The number of aromatic nitrogens is 2. The number of amides is 1. The fourth-order valence-corrected chi connectivity index (χ4v) is 2.44. The second-order valence-electron chi connectivity index (χ2n) is 5.66. The lowest BCUT2D eigenvalue weighted by Gasteiger charge is -2.14. The quantitative estimate of drug-likeness (QED) is 0.805. The lowest BCUT2D eigenvalue weighted by Crippen LogP contribution is -2.17. The Kier molecular flexibility index (Phi) is 6.23. The highest BCUT2D eigenvalue weighted by molar-refractivity contribution is 5.90. The third kappa shape index (κ3) is 4.28. The standard InChI is InChI=1S/C18H25N3O3/c1-5-13(2)21-17(10-11-19-21)20-18(22)9-7-14-6-8-15(23-3)16(12-14)24-4/h6,8,10-13H,5,7,9H2,1-4H3,(H,20,22). The predicted octanol–water partition coefficient (Wildman–Crippen LogP) is 3.44. The van der Waals surface area contributed by atoms with E-state index in [9.17, 15) is 4.79 Å². The van der Waals surface area contributed by atoms with Gasteiger partial charge in [-0.3, -0.25) is 4.79 Å². The van der Waals surface area contributed by atoms with Gasteiger partial charge < -0.3 is 14.8 Å². The molecule has 0 aliphatic carbocycles. The minimum atomic E-state index is -0.0326. The molecule has 1 atom stereocenters. The molecule has 24 heavy (non-hydrogen) atoms. The van der Waals surface area contributed by atoms with Gasteiger partial charge >= 0.3 is 0 Å². The Bertz CT molecular complexity index is 682. The van der Waals surface area contributed by atoms with Gasteiger partial charge in [0.15, 0.2) is 11.5 Å². The minimum Gasteiger partial charge on any atom is -0.493 e. The summed E-state index contributed by atoms with van der Waals surface area (Å²) < 4.78 is 12.3. The zero-order valence-corrected chi connectivity index (χ0v) is 14.7. The van der Waals surface area contributed by atoms with Crippen molar-refractivity contribution in [3.05, 3.63) is 36.0 Å². The molecule has 130 valence electrons. The number of ether oxygens (including phenoxy) is 2. The number of hydrogen-bond donors (Lipinski definition) is 1. The molecule has 1 heterocycles. The van der Waals surface area contributed by atoms with Crippen LogP contribution in [-0.2, 0) is 11.2 Å². The maximum atomic E-state index is 12.2. The molecule has 1 unspecified atom stereocenters. The topological polar surface area (TPSA) is 65.4 Å². The maximum absolute atomic E-state index is 12.2. The van der Waals surface area contributed by atoms with Gasteiger partial charge in [-0.1, -0.05) is 13.0 Å². The van der Waals surface area contributed by atoms with E-state index < -0.39 is 0 Å². The van der Waals surface area contributed by atoms with Crippen molar-refractivity contribution in [1.29, 1.82) is 0 Å². The van der Waals surface area contributed by atoms with Crippen molar-refractivity contribution in [1.82, 2.24) is 9.78 Å². The summed E-state index contributed by atoms with van der Waals surface area (Å²) in [6.07, 6.45) is 3.68. The molecule has 1 aromatic carbocycles. The minimum absolute atomic E-state index is 0.0326. The number of carbonyl (C=O) groups is 1. The Morgan fingerprint density at radius 1 is 1.25 bits per heavy atom. The maximum Gasteiger partial charge on any atom is 0.225 e. The average molecular weight is 331 g/mol. The highest BCUT2D eigenvalue weighted by atomic mass is 16.5. The first kappa shape index (κ1) is 17.8. The van der Waals surface area contributed by atoms with Crippen LogP contribution in [0.4, 0.5) is 5.82 Å². The van der Waals surface area contributed by atoms with Gasteiger partial charge in [0.1, 0.15) is 5.82 Å². The van der Waals surface area contributed by atoms with Crippen LogP contribution in [0.25, 0.3) is 0 Å². The number of benzene rings is 1. The van der Waals surface area contributed by atoms with Gasteiger partial charge in [-0.25, -0.2) is 4.68 Å². The van der Waals surface area contributed by atoms with Gasteiger partial charge in [0, 0.05) is 12.5 Å². The first-order valence-corrected chi connectivity index (χ1v) is 8.13. The number of aryl methyl sites for hydroxylation is 1. The predicted molar refractivity (Wildman–Crippen MR) is 93.7 cm³/mol. The highest BCUT2D eigenvalue weighted by Crippen LogP contribution is 2.28. The van der Waals surface area contributed by atoms with Gasteiger partial charge in [-0.05, 0) is 37.5 Å². The molecule has 0 saturated heterocycles. The van der Waals surface area contributed by atoms with Crippen LogP contribution in [-0.4, -0.2) is 29.9 Å². The molecule has 6 nitrogen and oxygen atoms in total. The van der Waals surface area contributed by atoms with Crippen LogP contribution in [0.1, 0.15) is 38.3 Å². The Morgan fingerprint density at radius 3 is 2.67 bits per heavy atom. The van der Waals surface area contributed by atoms with E-state index in [2.05, 4.69) is 24.3 Å². The summed E-state index contributed by atoms with van der Waals surface area (Å²) in [6, 6.07) is 7.76. The monoisotopic (exact) mass is 331 g/mol. The molecule has 2 rings (SSSR count). The molecule has 1 N–H and O–H groups in total. The van der Waals surface area contributed by atoms with Crippen molar-refractivity contribution < 1.29 is 14.3 Å². The van der Waals surface area contributed by atoms with Crippen LogP contribution in [0.2, 0.25) is 0 Å². The Labute approximate surface area is 142 Å². The Balaban J connectivity index is 1.95. The van der Waals surface area contributed by atoms with E-state index >= 15 is 0 Å². The van der Waals surface area contributed by atoms with E-state index in [1.807, 2.05) is 28.9 Å². The van der Waals surface area contributed by atoms with Gasteiger partial charge in [0.2, 0.25) is 5.91 Å². The number of methoxy groups -OCH3 is 2. The number of rotatable bonds is 8. The van der Waals surface area contributed by atoms with Crippen molar-refractivity contribution in [2.45, 2.75) is 39.2 Å². The zero-order valence-electron chi connectivity index (χ0n) is 14.7. The molecule has 0 aliphatic heterocycles. The number of nitrogens with zero attached hydrogens (tertiary/aromatic N) is 2. The molecule has 0 saturated carbocycles. The van der Waals surface area contributed by atoms with Gasteiger partial charge in [0.05, 0.1) is 26.5 Å². The van der Waals surface area contributed by atoms with Crippen LogP contribution < -0.4 is 14.8 Å². The summed E-state index contributed by atoms with van der Waals surface area (Å²) in [5.74, 6) is 2.06. The molecule has 0 spiro atoms. The smallest absolute Gasteiger partial charge is 0.225 e. The van der Waals surface area contributed by atoms with E-state index in [0.717, 1.165) is 17.8 Å². The summed E-state index contributed by atoms with van der Waals surface area (Å²) in [4.78, 5) is 12.2. The Hall–Kier alpha value is -2.50. The molecule has 2 aromatic rings. The summed E-state index contributed by atoms with van der Waals surface area (Å²) in [5, 5.41) is 7.20. The molecule has 1 aromatic heterocycles. The van der Waals surface area contributed by atoms with Gasteiger partial charge in [-0.15, -0.1) is 0 Å². The molecule has 0 radical (unpaired) electrons. The number of carbonyl (C=O) groups excluding carboxylic acids is 1. The normalized spacial score (nSPS) is 11.8. The fourth-order valence-electron chi connectivity index (χ4n) is 2.44. The summed E-state index contributed by atoms with van der Waals surface area (Å²) in [5.41, 5.74) is 1.03.